The van der Waals surface area contributed by atoms with Gasteiger partial charge in [-0.3, -0.25) is 9.98 Å². The molecular weight excluding hydrogens is 813 g/mol. The van der Waals surface area contributed by atoms with Crippen molar-refractivity contribution in [3.05, 3.63) is 227 Å². The van der Waals surface area contributed by atoms with E-state index in [2.05, 4.69) is 243 Å². The monoisotopic (exact) mass is 879 g/mol. The van der Waals surface area contributed by atoms with Gasteiger partial charge in [-0.1, -0.05) is 227 Å². The van der Waals surface area contributed by atoms with Crippen LogP contribution in [-0.2, 0) is 0 Å². The maximum Gasteiger partial charge on any atom is 0.0940 e. The highest BCUT2D eigenvalue weighted by Gasteiger charge is 2.22. The largest absolute Gasteiger partial charge is 0.372 e. The summed E-state index contributed by atoms with van der Waals surface area (Å²) in [5, 5.41) is 8.86. The second kappa shape index (κ2) is 21.9. The van der Waals surface area contributed by atoms with Crippen LogP contribution in [0.1, 0.15) is 132 Å². The lowest BCUT2D eigenvalue weighted by Crippen LogP contribution is -2.17. The normalized spacial score (nSPS) is 11.9. The molecule has 9 aromatic rings. The molecule has 0 bridgehead atoms. The van der Waals surface area contributed by atoms with Crippen molar-refractivity contribution in [2.24, 2.45) is 4.99 Å². The van der Waals surface area contributed by atoms with Gasteiger partial charge in [0.2, 0.25) is 0 Å². The topological polar surface area (TPSA) is 50.2 Å². The third-order valence-electron chi connectivity index (χ3n) is 12.4. The van der Waals surface area contributed by atoms with Gasteiger partial charge in [-0.2, -0.15) is 0 Å². The maximum absolute atomic E-state index is 5.25. The summed E-state index contributed by atoms with van der Waals surface area (Å²) in [4.78, 5) is 15.1. The quantitative estimate of drug-likeness (QED) is 0.124. The van der Waals surface area contributed by atoms with Crippen LogP contribution in [0.5, 0.6) is 0 Å². The van der Waals surface area contributed by atoms with E-state index in [0.29, 0.717) is 23.7 Å². The van der Waals surface area contributed by atoms with Crippen LogP contribution in [0, 0.1) is 0 Å². The first-order valence-electron chi connectivity index (χ1n) is 23.6. The number of rotatable bonds is 12. The van der Waals surface area contributed by atoms with Crippen molar-refractivity contribution < 1.29 is 0 Å². The molecule has 4 nitrogen and oxygen atoms in total. The molecule has 338 valence electrons. The Labute approximate surface area is 400 Å². The zero-order valence-corrected chi connectivity index (χ0v) is 39.7. The van der Waals surface area contributed by atoms with Gasteiger partial charge in [-0.25, -0.2) is 4.98 Å². The van der Waals surface area contributed by atoms with E-state index in [1.807, 2.05) is 12.3 Å². The van der Waals surface area contributed by atoms with E-state index in [9.17, 15) is 0 Å². The summed E-state index contributed by atoms with van der Waals surface area (Å²) in [7, 11) is 0. The third kappa shape index (κ3) is 10.9. The first-order chi connectivity index (χ1) is 32.1. The first kappa shape index (κ1) is 47.8. The predicted molar refractivity (Wildman–Crippen MR) is 289 cm³/mol. The fraction of sp³-hybridized carbons (Fsp3) is 0.222. The third-order valence-corrected chi connectivity index (χ3v) is 12.4. The molecule has 0 amide bonds. The highest BCUT2D eigenvalue weighted by Crippen LogP contribution is 2.38. The Morgan fingerprint density at radius 1 is 0.418 bits per heavy atom. The van der Waals surface area contributed by atoms with Crippen molar-refractivity contribution in [3.63, 3.8) is 0 Å². The molecule has 0 saturated carbocycles. The van der Waals surface area contributed by atoms with E-state index in [1.54, 1.807) is 0 Å². The van der Waals surface area contributed by atoms with Crippen molar-refractivity contribution in [1.82, 2.24) is 9.97 Å². The van der Waals surface area contributed by atoms with Crippen molar-refractivity contribution in [3.8, 4) is 22.5 Å². The zero-order valence-electron chi connectivity index (χ0n) is 39.7. The van der Waals surface area contributed by atoms with Gasteiger partial charge in [0.05, 0.1) is 40.7 Å². The smallest absolute Gasteiger partial charge is 0.0940 e. The highest BCUT2D eigenvalue weighted by atomic mass is 15.0. The van der Waals surface area contributed by atoms with Crippen LogP contribution in [0.15, 0.2) is 193 Å². The van der Waals surface area contributed by atoms with Crippen molar-refractivity contribution in [2.45, 2.75) is 92.5 Å². The van der Waals surface area contributed by atoms with E-state index >= 15 is 0 Å². The Morgan fingerprint density at radius 2 is 0.851 bits per heavy atom. The Balaban J connectivity index is 0.000000199. The van der Waals surface area contributed by atoms with E-state index in [0.717, 1.165) is 39.6 Å². The number of hydrogen-bond acceptors (Lipinski definition) is 4. The molecule has 0 fully saturated rings. The Morgan fingerprint density at radius 3 is 1.39 bits per heavy atom. The summed E-state index contributed by atoms with van der Waals surface area (Å²) in [6, 6.07) is 66.1. The Bertz CT molecular complexity index is 3020. The molecule has 1 unspecified atom stereocenters. The Hall–Kier alpha value is -7.17. The molecule has 1 N–H and O–H groups in total. The van der Waals surface area contributed by atoms with E-state index < -0.39 is 0 Å². The van der Waals surface area contributed by atoms with Crippen LogP contribution in [0.2, 0.25) is 0 Å². The average Bonchev–Trinajstić information content (AvgIpc) is 3.34. The van der Waals surface area contributed by atoms with Gasteiger partial charge >= 0.3 is 0 Å². The molecule has 67 heavy (non-hydrogen) atoms. The van der Waals surface area contributed by atoms with Crippen molar-refractivity contribution in [1.29, 1.82) is 0 Å². The summed E-state index contributed by atoms with van der Waals surface area (Å²) < 4.78 is 0. The molecule has 0 aliphatic heterocycles. The van der Waals surface area contributed by atoms with Gasteiger partial charge in [0.25, 0.3) is 0 Å². The van der Waals surface area contributed by atoms with Gasteiger partial charge in [0, 0.05) is 16.8 Å². The number of nitrogens with zero attached hydrogens (tertiary/aromatic N) is 3. The molecule has 2 heterocycles. The van der Waals surface area contributed by atoms with Gasteiger partial charge in [0.1, 0.15) is 0 Å². The van der Waals surface area contributed by atoms with Gasteiger partial charge in [-0.15, -0.1) is 0 Å². The molecule has 4 heteroatoms. The van der Waals surface area contributed by atoms with Gasteiger partial charge in [0.15, 0.2) is 0 Å². The number of fused-ring (bicyclic) bond motifs is 2. The summed E-state index contributed by atoms with van der Waals surface area (Å²) in [5.41, 5.74) is 14.9. The van der Waals surface area contributed by atoms with Crippen molar-refractivity contribution >= 4 is 39.1 Å². The molecule has 0 aliphatic carbocycles. The second-order valence-electron chi connectivity index (χ2n) is 18.4. The van der Waals surface area contributed by atoms with E-state index in [4.69, 9.17) is 15.0 Å². The van der Waals surface area contributed by atoms with Gasteiger partial charge < -0.3 is 5.32 Å². The fourth-order valence-corrected chi connectivity index (χ4v) is 8.96. The number of benzene rings is 7. The maximum atomic E-state index is 5.25. The minimum atomic E-state index is -0.0708. The number of aromatic nitrogens is 2. The van der Waals surface area contributed by atoms with Crippen LogP contribution in [0.4, 0.5) is 11.4 Å². The molecule has 7 aromatic carbocycles. The summed E-state index contributed by atoms with van der Waals surface area (Å²) >= 11 is 0. The van der Waals surface area contributed by atoms with Crippen LogP contribution in [0.3, 0.4) is 0 Å². The standard InChI is InChI=1S/C34H34N2.C28H28N2.CH4/c1-23(2)27-18-11-19-28(24(3)4)34(27)36-33(26-14-6-5-7-15-26)32-22-12-21-31(35-32)30-20-10-16-25-13-8-9-17-29(25)30;1-19(2)23-14-9-15-24(20(3)4)28(23)29-18-22-12-8-17-27(30-22)26-16-7-11-21-10-5-6-13-25(21)26;/h5-24,33,36H,1-4H3;5-20H,1-4H3;1H4. The summed E-state index contributed by atoms with van der Waals surface area (Å²) in [6.45, 7) is 17.9. The van der Waals surface area contributed by atoms with Gasteiger partial charge in [-0.05, 0) is 97.3 Å². The molecule has 0 saturated heterocycles. The number of para-hydroxylation sites is 2. The molecule has 0 spiro atoms. The zero-order chi connectivity index (χ0) is 46.2. The fourth-order valence-electron chi connectivity index (χ4n) is 8.96. The predicted octanol–water partition coefficient (Wildman–Crippen LogP) is 17.9. The average molecular weight is 879 g/mol. The molecule has 0 aliphatic rings. The number of nitrogens with one attached hydrogen (secondary N) is 1. The van der Waals surface area contributed by atoms with Crippen LogP contribution in [0.25, 0.3) is 44.1 Å². The molecule has 1 atom stereocenters. The number of pyridine rings is 2. The minimum Gasteiger partial charge on any atom is -0.372 e. The van der Waals surface area contributed by atoms with E-state index in [-0.39, 0.29) is 13.5 Å². The molecular formula is C63H66N4. The number of hydrogen-bond donors (Lipinski definition) is 1. The second-order valence-corrected chi connectivity index (χ2v) is 18.4. The first-order valence-corrected chi connectivity index (χ1v) is 23.6. The summed E-state index contributed by atoms with van der Waals surface area (Å²) in [6.07, 6.45) is 1.90. The number of anilines is 1. The number of aliphatic imine (C=N–C) groups is 1. The lowest BCUT2D eigenvalue weighted by molar-refractivity contribution is 0.814. The van der Waals surface area contributed by atoms with Crippen LogP contribution in [-0.4, -0.2) is 16.2 Å². The Kier molecular flexibility index (Phi) is 15.6. The molecule has 0 radical (unpaired) electrons. The lowest BCUT2D eigenvalue weighted by Gasteiger charge is -2.27. The lowest BCUT2D eigenvalue weighted by atomic mass is 9.91. The van der Waals surface area contributed by atoms with Crippen molar-refractivity contribution in [2.75, 3.05) is 5.32 Å². The van der Waals surface area contributed by atoms with E-state index in [1.165, 1.54) is 55.0 Å². The molecule has 9 rings (SSSR count). The van der Waals surface area contributed by atoms with Crippen LogP contribution < -0.4 is 5.32 Å². The minimum absolute atomic E-state index is 0. The summed E-state index contributed by atoms with van der Waals surface area (Å²) in [5.74, 6) is 1.67. The SMILES string of the molecule is C.CC(C)c1cccc(C(C)C)c1N=Cc1cccc(-c2cccc3ccccc23)n1.CC(C)c1cccc(C(C)C)c1NC(c1ccccc1)c1cccc(-c2cccc3ccccc23)n1. The molecule has 2 aromatic heterocycles. The van der Waals surface area contributed by atoms with Crippen LogP contribution >= 0.6 is 0 Å². The highest BCUT2D eigenvalue weighted by molar-refractivity contribution is 5.97.